The lowest BCUT2D eigenvalue weighted by molar-refractivity contribution is 0.258. The first-order valence-corrected chi connectivity index (χ1v) is 10.7. The van der Waals surface area contributed by atoms with Crippen molar-refractivity contribution < 1.29 is 28.0 Å². The maximum atomic E-state index is 10.7. The van der Waals surface area contributed by atoms with Gasteiger partial charge in [-0.2, -0.15) is 0 Å². The monoisotopic (exact) mass is 338 g/mol. The first-order chi connectivity index (χ1) is 9.64. The summed E-state index contributed by atoms with van der Waals surface area (Å²) in [6.07, 6.45) is 3.03. The summed E-state index contributed by atoms with van der Waals surface area (Å²) in [5.41, 5.74) is 0. The van der Waals surface area contributed by atoms with Crippen LogP contribution in [0.25, 0.3) is 0 Å². The van der Waals surface area contributed by atoms with Crippen LogP contribution in [0.1, 0.15) is 26.2 Å². The maximum Gasteiger partial charge on any atom is 0.373 e. The molecule has 0 saturated carbocycles. The Morgan fingerprint density at radius 2 is 1.57 bits per heavy atom. The van der Waals surface area contributed by atoms with Gasteiger partial charge in [-0.05, 0) is 18.6 Å². The Labute approximate surface area is 126 Å². The number of unbranched alkanes of at least 4 members (excludes halogenated alkanes) is 2. The smallest absolute Gasteiger partial charge is 0.373 e. The minimum absolute atomic E-state index is 0.401. The minimum Gasteiger partial charge on any atom is -0.425 e. The second-order valence-electron chi connectivity index (χ2n) is 4.55. The summed E-state index contributed by atoms with van der Waals surface area (Å²) in [5.74, 6) is 0.417. The second kappa shape index (κ2) is 10.1. The fraction of sp³-hybridized carbons (Fsp3) is 0.538. The van der Waals surface area contributed by atoms with Gasteiger partial charge in [-0.3, -0.25) is 4.57 Å². The molecule has 0 aliphatic carbocycles. The Kier molecular flexibility index (Phi) is 9.84. The average molecular weight is 338 g/mol. The van der Waals surface area contributed by atoms with Gasteiger partial charge in [-0.15, -0.1) is 0 Å². The summed E-state index contributed by atoms with van der Waals surface area (Å²) < 4.78 is 30.6. The summed E-state index contributed by atoms with van der Waals surface area (Å²) in [6, 6.07) is 8.56. The van der Waals surface area contributed by atoms with Gasteiger partial charge in [0.2, 0.25) is 0 Å². The Morgan fingerprint density at radius 3 is 2.00 bits per heavy atom. The molecule has 0 saturated heterocycles. The molecule has 0 radical (unpaired) electrons. The van der Waals surface area contributed by atoms with Crippen molar-refractivity contribution in [2.75, 3.05) is 19.9 Å². The third-order valence-electron chi connectivity index (χ3n) is 2.10. The van der Waals surface area contributed by atoms with E-state index in [9.17, 15) is 9.13 Å². The van der Waals surface area contributed by atoms with Crippen LogP contribution in [0.3, 0.4) is 0 Å². The Hall–Kier alpha value is -0.640. The van der Waals surface area contributed by atoms with Crippen LogP contribution >= 0.6 is 15.2 Å². The predicted molar refractivity (Wildman–Crippen MR) is 84.0 cm³/mol. The molecule has 0 bridgehead atoms. The van der Waals surface area contributed by atoms with Gasteiger partial charge >= 0.3 is 15.2 Å². The van der Waals surface area contributed by atoms with Gasteiger partial charge in [0, 0.05) is 13.3 Å². The first kappa shape index (κ1) is 20.4. The molecular weight excluding hydrogens is 314 g/mol. The molecule has 0 spiro atoms. The van der Waals surface area contributed by atoms with E-state index in [4.69, 9.17) is 14.3 Å². The summed E-state index contributed by atoms with van der Waals surface area (Å²) in [6.45, 7) is 4.83. The van der Waals surface area contributed by atoms with Crippen molar-refractivity contribution in [1.82, 2.24) is 0 Å². The molecule has 21 heavy (non-hydrogen) atoms. The van der Waals surface area contributed by atoms with Crippen LogP contribution in [0.4, 0.5) is 0 Å². The van der Waals surface area contributed by atoms with Crippen molar-refractivity contribution >= 4 is 15.2 Å². The third-order valence-corrected chi connectivity index (χ3v) is 3.31. The van der Waals surface area contributed by atoms with Gasteiger partial charge < -0.3 is 18.8 Å². The molecule has 6 nitrogen and oxygen atoms in total. The van der Waals surface area contributed by atoms with Crippen LogP contribution in [0.15, 0.2) is 30.3 Å². The molecule has 0 aliphatic heterocycles. The first-order valence-electron chi connectivity index (χ1n) is 6.64. The standard InChI is InChI=1S/C7H9O3P.C6H15O3P/c1-11(8,9)10-7-5-3-2-4-6-7;1-3-4-5-6-9-10(2,7)8/h2-6H,1H3,(H,8,9);3-6H2,1-2H3,(H,7,8). The van der Waals surface area contributed by atoms with Crippen molar-refractivity contribution in [2.24, 2.45) is 0 Å². The summed E-state index contributed by atoms with van der Waals surface area (Å²) in [5, 5.41) is 0. The van der Waals surface area contributed by atoms with Gasteiger partial charge in [-0.1, -0.05) is 38.0 Å². The highest BCUT2D eigenvalue weighted by Gasteiger charge is 2.10. The van der Waals surface area contributed by atoms with Crippen LogP contribution < -0.4 is 4.52 Å². The van der Waals surface area contributed by atoms with E-state index in [0.29, 0.717) is 12.4 Å². The molecular formula is C13H24O6P2. The van der Waals surface area contributed by atoms with Crippen molar-refractivity contribution in [3.05, 3.63) is 30.3 Å². The van der Waals surface area contributed by atoms with Crippen molar-refractivity contribution in [3.8, 4) is 5.75 Å². The normalized spacial score (nSPS) is 16.0. The SMILES string of the molecule is CCCCCOP(C)(=O)O.CP(=O)(O)Oc1ccccc1. The molecule has 122 valence electrons. The minimum atomic E-state index is -3.39. The third kappa shape index (κ3) is 15.6. The topological polar surface area (TPSA) is 93.1 Å². The van der Waals surface area contributed by atoms with Gasteiger partial charge in [0.15, 0.2) is 0 Å². The molecule has 0 aliphatic rings. The van der Waals surface area contributed by atoms with Crippen molar-refractivity contribution in [3.63, 3.8) is 0 Å². The average Bonchev–Trinajstić information content (AvgIpc) is 2.33. The largest absolute Gasteiger partial charge is 0.425 e. The Balaban J connectivity index is 0.000000384. The van der Waals surface area contributed by atoms with E-state index in [2.05, 4.69) is 11.4 Å². The molecule has 0 aromatic heterocycles. The van der Waals surface area contributed by atoms with Crippen molar-refractivity contribution in [1.29, 1.82) is 0 Å². The fourth-order valence-electron chi connectivity index (χ4n) is 1.26. The Bertz CT molecular complexity index is 465. The summed E-state index contributed by atoms with van der Waals surface area (Å²) in [7, 11) is -6.59. The summed E-state index contributed by atoms with van der Waals surface area (Å²) >= 11 is 0. The van der Waals surface area contributed by atoms with E-state index in [0.717, 1.165) is 25.9 Å². The van der Waals surface area contributed by atoms with Crippen LogP contribution in [0.2, 0.25) is 0 Å². The number of benzene rings is 1. The molecule has 0 amide bonds. The number of rotatable bonds is 7. The Morgan fingerprint density at radius 1 is 1.00 bits per heavy atom. The highest BCUT2D eigenvalue weighted by molar-refractivity contribution is 7.52. The van der Waals surface area contributed by atoms with E-state index in [1.54, 1.807) is 24.3 Å². The van der Waals surface area contributed by atoms with Crippen LogP contribution in [-0.2, 0) is 13.7 Å². The zero-order valence-electron chi connectivity index (χ0n) is 12.6. The number of para-hydroxylation sites is 1. The highest BCUT2D eigenvalue weighted by Crippen LogP contribution is 2.37. The molecule has 2 N–H and O–H groups in total. The molecule has 2 atom stereocenters. The predicted octanol–water partition coefficient (Wildman–Crippen LogP) is 3.89. The molecule has 2 unspecified atom stereocenters. The lowest BCUT2D eigenvalue weighted by atomic mass is 10.3. The maximum absolute atomic E-state index is 10.7. The number of hydrogen-bond donors (Lipinski definition) is 2. The highest BCUT2D eigenvalue weighted by atomic mass is 31.2. The number of hydrogen-bond acceptors (Lipinski definition) is 4. The molecule has 0 heterocycles. The summed E-state index contributed by atoms with van der Waals surface area (Å²) in [4.78, 5) is 17.5. The van der Waals surface area contributed by atoms with E-state index < -0.39 is 15.2 Å². The van der Waals surface area contributed by atoms with Crippen LogP contribution in [0.5, 0.6) is 5.75 Å². The zero-order chi connectivity index (χ0) is 16.4. The van der Waals surface area contributed by atoms with Crippen molar-refractivity contribution in [2.45, 2.75) is 26.2 Å². The second-order valence-corrected chi connectivity index (χ2v) is 8.20. The molecule has 8 heteroatoms. The van der Waals surface area contributed by atoms with Gasteiger partial charge in [0.05, 0.1) is 6.61 Å². The van der Waals surface area contributed by atoms with Crippen LogP contribution in [-0.4, -0.2) is 29.7 Å². The fourth-order valence-corrected chi connectivity index (χ4v) is 2.24. The lowest BCUT2D eigenvalue weighted by Crippen LogP contribution is -1.90. The lowest BCUT2D eigenvalue weighted by Gasteiger charge is -2.06. The van der Waals surface area contributed by atoms with Gasteiger partial charge in [-0.25, -0.2) is 4.57 Å². The van der Waals surface area contributed by atoms with E-state index in [1.807, 2.05) is 6.07 Å². The van der Waals surface area contributed by atoms with Gasteiger partial charge in [0.25, 0.3) is 0 Å². The van der Waals surface area contributed by atoms with Crippen LogP contribution in [0, 0.1) is 0 Å². The molecule has 1 rings (SSSR count). The molecule has 1 aromatic carbocycles. The molecule has 0 fully saturated rings. The quantitative estimate of drug-likeness (QED) is 0.579. The van der Waals surface area contributed by atoms with E-state index >= 15 is 0 Å². The zero-order valence-corrected chi connectivity index (χ0v) is 14.4. The van der Waals surface area contributed by atoms with E-state index in [-0.39, 0.29) is 0 Å². The van der Waals surface area contributed by atoms with Gasteiger partial charge in [0.1, 0.15) is 5.75 Å². The molecule has 1 aromatic rings. The van der Waals surface area contributed by atoms with E-state index in [1.165, 1.54) is 6.66 Å².